The minimum Gasteiger partial charge on any atom is -0.311 e. The van der Waals surface area contributed by atoms with E-state index in [0.29, 0.717) is 6.04 Å². The molecule has 0 aromatic carbocycles. The number of hydrogen-bond acceptors (Lipinski definition) is 3. The highest BCUT2D eigenvalue weighted by atomic mass is 15.3. The summed E-state index contributed by atoms with van der Waals surface area (Å²) in [6, 6.07) is 3.42. The Morgan fingerprint density at radius 3 is 3.05 bits per heavy atom. The van der Waals surface area contributed by atoms with Crippen LogP contribution < -0.4 is 5.32 Å². The second kappa shape index (κ2) is 5.63. The summed E-state index contributed by atoms with van der Waals surface area (Å²) < 4.78 is 2.11. The van der Waals surface area contributed by atoms with E-state index in [9.17, 15) is 0 Å². The highest BCUT2D eigenvalue weighted by Gasteiger charge is 2.33. The standard InChI is InChI=1S/C15H26N4/c1-3-12(2)19-8-6-14(17-19)10-18-9-7-16-15(11-18)13-4-5-13/h6,8,12-13,15-16H,3-5,7,9-11H2,1-2H3. The number of nitrogens with one attached hydrogen (secondary N) is 1. The van der Waals surface area contributed by atoms with Gasteiger partial charge in [-0.05, 0) is 38.2 Å². The van der Waals surface area contributed by atoms with Crippen LogP contribution in [0.4, 0.5) is 0 Å². The Balaban J connectivity index is 1.56. The van der Waals surface area contributed by atoms with Gasteiger partial charge in [-0.25, -0.2) is 0 Å². The summed E-state index contributed by atoms with van der Waals surface area (Å²) in [5.41, 5.74) is 1.22. The molecule has 2 fully saturated rings. The van der Waals surface area contributed by atoms with E-state index in [1.807, 2.05) is 0 Å². The average Bonchev–Trinajstić information content (AvgIpc) is 3.19. The zero-order chi connectivity index (χ0) is 13.2. The number of piperazine rings is 1. The molecule has 1 saturated carbocycles. The Labute approximate surface area is 116 Å². The van der Waals surface area contributed by atoms with Crippen molar-refractivity contribution in [2.45, 2.75) is 51.7 Å². The van der Waals surface area contributed by atoms with Crippen molar-refractivity contribution in [2.24, 2.45) is 5.92 Å². The largest absolute Gasteiger partial charge is 0.311 e. The normalized spacial score (nSPS) is 26.5. The van der Waals surface area contributed by atoms with Gasteiger partial charge in [0.2, 0.25) is 0 Å². The monoisotopic (exact) mass is 262 g/mol. The lowest BCUT2D eigenvalue weighted by atomic mass is 10.1. The molecule has 2 atom stereocenters. The van der Waals surface area contributed by atoms with E-state index in [0.717, 1.165) is 38.0 Å². The second-order valence-corrected chi connectivity index (χ2v) is 6.18. The van der Waals surface area contributed by atoms with Gasteiger partial charge in [-0.1, -0.05) is 6.92 Å². The lowest BCUT2D eigenvalue weighted by Gasteiger charge is -2.33. The molecule has 1 aliphatic carbocycles. The Bertz CT molecular complexity index is 410. The summed E-state index contributed by atoms with van der Waals surface area (Å²) in [4.78, 5) is 2.56. The number of rotatable bonds is 5. The average molecular weight is 262 g/mol. The Hall–Kier alpha value is -0.870. The number of hydrogen-bond donors (Lipinski definition) is 1. The zero-order valence-electron chi connectivity index (χ0n) is 12.2. The van der Waals surface area contributed by atoms with E-state index >= 15 is 0 Å². The van der Waals surface area contributed by atoms with Crippen molar-refractivity contribution in [1.82, 2.24) is 20.0 Å². The van der Waals surface area contributed by atoms with Gasteiger partial charge in [0, 0.05) is 44.5 Å². The van der Waals surface area contributed by atoms with E-state index < -0.39 is 0 Å². The third kappa shape index (κ3) is 3.18. The fourth-order valence-corrected chi connectivity index (χ4v) is 2.92. The molecule has 1 aliphatic heterocycles. The summed E-state index contributed by atoms with van der Waals surface area (Å²) in [6.07, 6.45) is 6.12. The molecule has 0 radical (unpaired) electrons. The van der Waals surface area contributed by atoms with Crippen LogP contribution in [0.1, 0.15) is 44.8 Å². The van der Waals surface area contributed by atoms with Crippen molar-refractivity contribution < 1.29 is 0 Å². The van der Waals surface area contributed by atoms with Crippen LogP contribution in [0.3, 0.4) is 0 Å². The Morgan fingerprint density at radius 1 is 1.47 bits per heavy atom. The van der Waals surface area contributed by atoms with Crippen molar-refractivity contribution in [3.63, 3.8) is 0 Å². The van der Waals surface area contributed by atoms with Gasteiger partial charge in [0.05, 0.1) is 5.69 Å². The number of aromatic nitrogens is 2. The third-order valence-corrected chi connectivity index (χ3v) is 4.57. The first-order chi connectivity index (χ1) is 9.26. The highest BCUT2D eigenvalue weighted by Crippen LogP contribution is 2.33. The summed E-state index contributed by atoms with van der Waals surface area (Å²) in [7, 11) is 0. The summed E-state index contributed by atoms with van der Waals surface area (Å²) >= 11 is 0. The fraction of sp³-hybridized carbons (Fsp3) is 0.800. The molecule has 0 amide bonds. The van der Waals surface area contributed by atoms with Gasteiger partial charge < -0.3 is 5.32 Å². The summed E-state index contributed by atoms with van der Waals surface area (Å²) in [5.74, 6) is 0.945. The molecule has 2 heterocycles. The van der Waals surface area contributed by atoms with Crippen LogP contribution in [0.5, 0.6) is 0 Å². The van der Waals surface area contributed by atoms with Gasteiger partial charge in [-0.15, -0.1) is 0 Å². The molecule has 4 nitrogen and oxygen atoms in total. The molecule has 19 heavy (non-hydrogen) atoms. The minimum absolute atomic E-state index is 0.510. The van der Waals surface area contributed by atoms with E-state index in [1.165, 1.54) is 25.1 Å². The molecule has 1 saturated heterocycles. The lowest BCUT2D eigenvalue weighted by Crippen LogP contribution is -2.51. The molecule has 2 aliphatic rings. The first-order valence-corrected chi connectivity index (χ1v) is 7.76. The molecular formula is C15H26N4. The molecular weight excluding hydrogens is 236 g/mol. The SMILES string of the molecule is CCC(C)n1ccc(CN2CCNC(C3CC3)C2)n1. The first kappa shape index (κ1) is 13.1. The molecule has 1 N–H and O–H groups in total. The van der Waals surface area contributed by atoms with Crippen molar-refractivity contribution in [3.05, 3.63) is 18.0 Å². The summed E-state index contributed by atoms with van der Waals surface area (Å²) in [5, 5.41) is 8.38. The third-order valence-electron chi connectivity index (χ3n) is 4.57. The van der Waals surface area contributed by atoms with Crippen LogP contribution in [0.2, 0.25) is 0 Å². The predicted molar refractivity (Wildman–Crippen MR) is 77.0 cm³/mol. The zero-order valence-corrected chi connectivity index (χ0v) is 12.2. The van der Waals surface area contributed by atoms with Crippen molar-refractivity contribution >= 4 is 0 Å². The van der Waals surface area contributed by atoms with Gasteiger partial charge in [-0.2, -0.15) is 5.10 Å². The highest BCUT2D eigenvalue weighted by molar-refractivity contribution is 5.01. The van der Waals surface area contributed by atoms with Crippen LogP contribution >= 0.6 is 0 Å². The van der Waals surface area contributed by atoms with Crippen molar-refractivity contribution in [2.75, 3.05) is 19.6 Å². The van der Waals surface area contributed by atoms with Crippen LogP contribution in [0, 0.1) is 5.92 Å². The quantitative estimate of drug-likeness (QED) is 0.881. The maximum atomic E-state index is 4.72. The maximum absolute atomic E-state index is 4.72. The molecule has 3 rings (SSSR count). The van der Waals surface area contributed by atoms with Gasteiger partial charge in [-0.3, -0.25) is 9.58 Å². The van der Waals surface area contributed by atoms with Crippen LogP contribution in [0.25, 0.3) is 0 Å². The van der Waals surface area contributed by atoms with E-state index in [1.54, 1.807) is 0 Å². The topological polar surface area (TPSA) is 33.1 Å². The number of nitrogens with zero attached hydrogens (tertiary/aromatic N) is 3. The maximum Gasteiger partial charge on any atom is 0.0764 e. The van der Waals surface area contributed by atoms with E-state index in [-0.39, 0.29) is 0 Å². The van der Waals surface area contributed by atoms with E-state index in [4.69, 9.17) is 5.10 Å². The Kier molecular flexibility index (Phi) is 3.89. The second-order valence-electron chi connectivity index (χ2n) is 6.18. The minimum atomic E-state index is 0.510. The predicted octanol–water partition coefficient (Wildman–Crippen LogP) is 2.04. The van der Waals surface area contributed by atoms with Crippen molar-refractivity contribution in [1.29, 1.82) is 0 Å². The van der Waals surface area contributed by atoms with Crippen LogP contribution in [0.15, 0.2) is 12.3 Å². The molecule has 106 valence electrons. The fourth-order valence-electron chi connectivity index (χ4n) is 2.92. The van der Waals surface area contributed by atoms with Crippen LogP contribution in [-0.4, -0.2) is 40.4 Å². The van der Waals surface area contributed by atoms with Gasteiger partial charge >= 0.3 is 0 Å². The first-order valence-electron chi connectivity index (χ1n) is 7.76. The van der Waals surface area contributed by atoms with E-state index in [2.05, 4.69) is 41.0 Å². The molecule has 4 heteroatoms. The van der Waals surface area contributed by atoms with Gasteiger partial charge in [0.1, 0.15) is 0 Å². The Morgan fingerprint density at radius 2 is 2.32 bits per heavy atom. The molecule has 1 aromatic heterocycles. The lowest BCUT2D eigenvalue weighted by molar-refractivity contribution is 0.179. The molecule has 0 spiro atoms. The molecule has 0 bridgehead atoms. The van der Waals surface area contributed by atoms with Gasteiger partial charge in [0.15, 0.2) is 0 Å². The molecule has 2 unspecified atom stereocenters. The van der Waals surface area contributed by atoms with Gasteiger partial charge in [0.25, 0.3) is 0 Å². The smallest absolute Gasteiger partial charge is 0.0764 e. The van der Waals surface area contributed by atoms with Crippen LogP contribution in [-0.2, 0) is 6.54 Å². The molecule has 1 aromatic rings. The van der Waals surface area contributed by atoms with Crippen molar-refractivity contribution in [3.8, 4) is 0 Å². The summed E-state index contributed by atoms with van der Waals surface area (Å²) in [6.45, 7) is 8.93.